The van der Waals surface area contributed by atoms with Gasteiger partial charge in [-0.1, -0.05) is 37.3 Å². The number of ether oxygens (including phenoxy) is 2. The Bertz CT molecular complexity index is 780. The number of rotatable bonds is 11. The number of aliphatic carboxylic acids is 1. The van der Waals surface area contributed by atoms with E-state index in [4.69, 9.17) is 0 Å². The second kappa shape index (κ2) is 12.3. The van der Waals surface area contributed by atoms with Gasteiger partial charge in [-0.25, -0.2) is 4.79 Å². The van der Waals surface area contributed by atoms with Crippen molar-refractivity contribution in [2.24, 2.45) is 11.8 Å². The minimum atomic E-state index is -1.57. The van der Waals surface area contributed by atoms with Crippen LogP contribution in [0, 0.1) is 11.8 Å². The molecule has 2 amide bonds. The van der Waals surface area contributed by atoms with Crippen LogP contribution in [0.25, 0.3) is 0 Å². The SMILES string of the molecule is COC(=O)C(C(=O)OC)[C@@H](C)[C@@H](NC(=O)CCC(=O)N[C@H](C)c1ccccc1)C(=O)O. The third kappa shape index (κ3) is 7.72. The van der Waals surface area contributed by atoms with Crippen LogP contribution in [0.5, 0.6) is 0 Å². The predicted molar refractivity (Wildman–Crippen MR) is 108 cm³/mol. The molecule has 10 heteroatoms. The summed E-state index contributed by atoms with van der Waals surface area (Å²) >= 11 is 0. The Kier molecular flexibility index (Phi) is 10.2. The van der Waals surface area contributed by atoms with E-state index in [1.54, 1.807) is 6.92 Å². The third-order valence-electron chi connectivity index (χ3n) is 4.80. The van der Waals surface area contributed by atoms with Gasteiger partial charge in [-0.15, -0.1) is 0 Å². The Morgan fingerprint density at radius 3 is 1.81 bits per heavy atom. The number of hydrogen-bond donors (Lipinski definition) is 3. The van der Waals surface area contributed by atoms with Crippen molar-refractivity contribution in [3.63, 3.8) is 0 Å². The number of benzene rings is 1. The molecule has 1 rings (SSSR count). The highest BCUT2D eigenvalue weighted by Gasteiger charge is 2.42. The highest BCUT2D eigenvalue weighted by Crippen LogP contribution is 2.20. The maximum absolute atomic E-state index is 12.2. The van der Waals surface area contributed by atoms with Crippen molar-refractivity contribution in [1.82, 2.24) is 10.6 Å². The van der Waals surface area contributed by atoms with E-state index in [9.17, 15) is 29.1 Å². The molecule has 0 saturated carbocycles. The molecule has 0 aromatic heterocycles. The first kappa shape index (κ1) is 25.6. The Hall–Kier alpha value is -3.43. The van der Waals surface area contributed by atoms with Gasteiger partial charge >= 0.3 is 17.9 Å². The molecular formula is C21H28N2O8. The normalized spacial score (nSPS) is 13.5. The van der Waals surface area contributed by atoms with Crippen molar-refractivity contribution in [3.8, 4) is 0 Å². The lowest BCUT2D eigenvalue weighted by atomic mass is 9.87. The van der Waals surface area contributed by atoms with Crippen LogP contribution in [0.4, 0.5) is 0 Å². The molecule has 0 radical (unpaired) electrons. The average molecular weight is 436 g/mol. The summed E-state index contributed by atoms with van der Waals surface area (Å²) in [6, 6.07) is 7.42. The first-order valence-electron chi connectivity index (χ1n) is 9.64. The predicted octanol–water partition coefficient (Wildman–Crippen LogP) is 0.812. The summed E-state index contributed by atoms with van der Waals surface area (Å²) in [5.41, 5.74) is 0.900. The van der Waals surface area contributed by atoms with E-state index in [1.165, 1.54) is 6.92 Å². The van der Waals surface area contributed by atoms with Crippen LogP contribution in [0.15, 0.2) is 30.3 Å². The molecule has 3 N–H and O–H groups in total. The van der Waals surface area contributed by atoms with Gasteiger partial charge in [-0.3, -0.25) is 19.2 Å². The van der Waals surface area contributed by atoms with E-state index in [-0.39, 0.29) is 24.8 Å². The largest absolute Gasteiger partial charge is 0.480 e. The van der Waals surface area contributed by atoms with Crippen molar-refractivity contribution in [1.29, 1.82) is 0 Å². The van der Waals surface area contributed by atoms with E-state index < -0.39 is 41.7 Å². The number of nitrogens with one attached hydrogen (secondary N) is 2. The standard InChI is InChI=1S/C21H28N2O8/c1-12(17(20(28)30-3)21(29)31-4)18(19(26)27)23-16(25)11-10-15(24)22-13(2)14-8-6-5-7-9-14/h5-9,12-13,17-18H,10-11H2,1-4H3,(H,22,24)(H,23,25)(H,26,27)/t12-,13-,18-/m1/s1. The number of carboxylic acids is 1. The highest BCUT2D eigenvalue weighted by molar-refractivity contribution is 5.96. The lowest BCUT2D eigenvalue weighted by Gasteiger charge is -2.26. The van der Waals surface area contributed by atoms with E-state index in [2.05, 4.69) is 20.1 Å². The first-order chi connectivity index (χ1) is 14.6. The minimum absolute atomic E-state index is 0.166. The van der Waals surface area contributed by atoms with Gasteiger partial charge in [0.25, 0.3) is 0 Å². The molecule has 1 aromatic rings. The quantitative estimate of drug-likeness (QED) is 0.341. The van der Waals surface area contributed by atoms with Crippen molar-refractivity contribution in [2.45, 2.75) is 38.8 Å². The maximum atomic E-state index is 12.2. The van der Waals surface area contributed by atoms with Crippen LogP contribution >= 0.6 is 0 Å². The van der Waals surface area contributed by atoms with Gasteiger partial charge in [0.05, 0.1) is 20.3 Å². The Morgan fingerprint density at radius 2 is 1.35 bits per heavy atom. The molecule has 31 heavy (non-hydrogen) atoms. The monoisotopic (exact) mass is 436 g/mol. The molecule has 0 bridgehead atoms. The van der Waals surface area contributed by atoms with Gasteiger partial charge in [0.1, 0.15) is 6.04 Å². The molecule has 0 aliphatic heterocycles. The number of methoxy groups -OCH3 is 2. The van der Waals surface area contributed by atoms with Gasteiger partial charge in [0.15, 0.2) is 5.92 Å². The van der Waals surface area contributed by atoms with E-state index in [0.29, 0.717) is 0 Å². The van der Waals surface area contributed by atoms with Crippen LogP contribution in [-0.4, -0.2) is 55.1 Å². The zero-order valence-electron chi connectivity index (χ0n) is 17.9. The smallest absolute Gasteiger partial charge is 0.326 e. The fourth-order valence-corrected chi connectivity index (χ4v) is 3.00. The summed E-state index contributed by atoms with van der Waals surface area (Å²) in [6.45, 7) is 3.11. The summed E-state index contributed by atoms with van der Waals surface area (Å²) < 4.78 is 9.09. The molecule has 3 atom stereocenters. The Labute approximate surface area is 180 Å². The van der Waals surface area contributed by atoms with Crippen LogP contribution in [-0.2, 0) is 33.4 Å². The van der Waals surface area contributed by atoms with Crippen molar-refractivity contribution in [3.05, 3.63) is 35.9 Å². The maximum Gasteiger partial charge on any atom is 0.326 e. The molecule has 0 unspecified atom stereocenters. The van der Waals surface area contributed by atoms with E-state index in [0.717, 1.165) is 19.8 Å². The number of carboxylic acid groups (broad SMARTS) is 1. The van der Waals surface area contributed by atoms with E-state index in [1.807, 2.05) is 30.3 Å². The van der Waals surface area contributed by atoms with Gasteiger partial charge < -0.3 is 25.2 Å². The number of carbonyl (C=O) groups is 5. The fraction of sp³-hybridized carbons (Fsp3) is 0.476. The number of hydrogen-bond acceptors (Lipinski definition) is 7. The molecule has 0 aliphatic carbocycles. The second-order valence-corrected chi connectivity index (χ2v) is 6.97. The molecule has 0 fully saturated rings. The summed E-state index contributed by atoms with van der Waals surface area (Å²) in [5, 5.41) is 14.5. The second-order valence-electron chi connectivity index (χ2n) is 6.97. The van der Waals surface area contributed by atoms with Crippen LogP contribution in [0.3, 0.4) is 0 Å². The van der Waals surface area contributed by atoms with Crippen molar-refractivity contribution >= 4 is 29.7 Å². The summed E-state index contributed by atoms with van der Waals surface area (Å²) in [6.07, 6.45) is -0.438. The van der Waals surface area contributed by atoms with Gasteiger partial charge in [-0.2, -0.15) is 0 Å². The van der Waals surface area contributed by atoms with Gasteiger partial charge in [-0.05, 0) is 12.5 Å². The minimum Gasteiger partial charge on any atom is -0.480 e. The fourth-order valence-electron chi connectivity index (χ4n) is 3.00. The number of amides is 2. The average Bonchev–Trinajstić information content (AvgIpc) is 2.75. The highest BCUT2D eigenvalue weighted by atomic mass is 16.5. The molecular weight excluding hydrogens is 408 g/mol. The zero-order valence-corrected chi connectivity index (χ0v) is 17.9. The van der Waals surface area contributed by atoms with E-state index >= 15 is 0 Å². The lowest BCUT2D eigenvalue weighted by molar-refractivity contribution is -0.163. The zero-order chi connectivity index (χ0) is 23.6. The van der Waals surface area contributed by atoms with Crippen molar-refractivity contribution < 1.29 is 38.6 Å². The summed E-state index contributed by atoms with van der Waals surface area (Å²) in [7, 11) is 2.10. The number of carbonyl (C=O) groups excluding carboxylic acids is 4. The molecule has 1 aromatic carbocycles. The number of esters is 2. The Balaban J connectivity index is 2.70. The van der Waals surface area contributed by atoms with Crippen LogP contribution < -0.4 is 10.6 Å². The topological polar surface area (TPSA) is 148 Å². The summed E-state index contributed by atoms with van der Waals surface area (Å²) in [5.74, 6) is -7.19. The van der Waals surface area contributed by atoms with Crippen LogP contribution in [0.2, 0.25) is 0 Å². The Morgan fingerprint density at radius 1 is 0.871 bits per heavy atom. The molecule has 0 aliphatic rings. The van der Waals surface area contributed by atoms with Crippen LogP contribution in [0.1, 0.15) is 38.3 Å². The van der Waals surface area contributed by atoms with Crippen molar-refractivity contribution in [2.75, 3.05) is 14.2 Å². The molecule has 0 spiro atoms. The molecule has 10 nitrogen and oxygen atoms in total. The lowest BCUT2D eigenvalue weighted by Crippen LogP contribution is -2.50. The first-order valence-corrected chi connectivity index (χ1v) is 9.64. The molecule has 0 heterocycles. The molecule has 0 saturated heterocycles. The third-order valence-corrected chi connectivity index (χ3v) is 4.80. The van der Waals surface area contributed by atoms with Gasteiger partial charge in [0, 0.05) is 18.8 Å². The summed E-state index contributed by atoms with van der Waals surface area (Å²) in [4.78, 5) is 59.8. The van der Waals surface area contributed by atoms with Gasteiger partial charge in [0.2, 0.25) is 11.8 Å². The molecule has 170 valence electrons.